The van der Waals surface area contributed by atoms with Crippen molar-refractivity contribution in [2.45, 2.75) is 13.3 Å². The Hall–Kier alpha value is -2.53. The Morgan fingerprint density at radius 1 is 0.708 bits per heavy atom. The highest BCUT2D eigenvalue weighted by atomic mass is 31.0. The number of benzene rings is 3. The minimum Gasteiger partial charge on any atom is -0.125 e. The van der Waals surface area contributed by atoms with Gasteiger partial charge in [-0.3, -0.25) is 0 Å². The van der Waals surface area contributed by atoms with Gasteiger partial charge < -0.3 is 0 Å². The number of hydrogen-bond donors (Lipinski definition) is 0. The van der Waals surface area contributed by atoms with Crippen LogP contribution in [-0.4, -0.2) is 6.16 Å². The molecule has 0 aliphatic rings. The molecule has 0 heterocycles. The van der Waals surface area contributed by atoms with Crippen molar-refractivity contribution >= 4 is 20.0 Å². The first-order valence-corrected chi connectivity index (χ1v) is 8.94. The van der Waals surface area contributed by atoms with E-state index >= 15 is 0 Å². The van der Waals surface area contributed by atoms with Gasteiger partial charge in [-0.2, -0.15) is 0 Å². The van der Waals surface area contributed by atoms with Crippen LogP contribution >= 0.6 is 9.24 Å². The van der Waals surface area contributed by atoms with E-state index in [2.05, 4.69) is 101 Å². The number of fused-ring (bicyclic) bond motifs is 1. The summed E-state index contributed by atoms with van der Waals surface area (Å²) in [5.74, 6) is 12.5. The van der Waals surface area contributed by atoms with Gasteiger partial charge in [-0.15, -0.1) is 9.24 Å². The largest absolute Gasteiger partial charge is 0.125 e. The molecule has 1 atom stereocenters. The Morgan fingerprint density at radius 2 is 1.33 bits per heavy atom. The molecular formula is C23H19P. The topological polar surface area (TPSA) is 0 Å². The van der Waals surface area contributed by atoms with Gasteiger partial charge in [-0.1, -0.05) is 60.9 Å². The molecule has 0 aliphatic carbocycles. The molecule has 0 saturated carbocycles. The maximum atomic E-state index is 3.19. The van der Waals surface area contributed by atoms with Crippen LogP contribution in [0.25, 0.3) is 21.9 Å². The Labute approximate surface area is 146 Å². The zero-order chi connectivity index (χ0) is 16.8. The van der Waals surface area contributed by atoms with Crippen molar-refractivity contribution in [1.82, 2.24) is 0 Å². The fraction of sp³-hybridized carbons (Fsp3) is 0.130. The molecule has 1 heteroatoms. The third-order valence-corrected chi connectivity index (χ3v) is 4.01. The minimum absolute atomic E-state index is 0.803. The summed E-state index contributed by atoms with van der Waals surface area (Å²) in [6.07, 6.45) is 1.69. The molecule has 0 aromatic heterocycles. The summed E-state index contributed by atoms with van der Waals surface area (Å²) in [6.45, 7) is 2.07. The molecule has 0 spiro atoms. The molecule has 0 N–H and O–H groups in total. The third kappa shape index (κ3) is 3.86. The maximum Gasteiger partial charge on any atom is 0.0251 e. The fourth-order valence-electron chi connectivity index (χ4n) is 2.59. The average Bonchev–Trinajstić information content (AvgIpc) is 2.64. The minimum atomic E-state index is 0.803. The molecular weight excluding hydrogens is 307 g/mol. The molecule has 0 amide bonds. The van der Waals surface area contributed by atoms with E-state index in [-0.39, 0.29) is 0 Å². The Balaban J connectivity index is 1.93. The molecule has 0 saturated heterocycles. The second-order valence-electron chi connectivity index (χ2n) is 5.52. The van der Waals surface area contributed by atoms with Gasteiger partial charge in [0.2, 0.25) is 0 Å². The molecule has 0 aliphatic heterocycles. The van der Waals surface area contributed by atoms with Crippen molar-refractivity contribution in [3.05, 3.63) is 71.8 Å². The van der Waals surface area contributed by atoms with Crippen LogP contribution < -0.4 is 0 Å². The van der Waals surface area contributed by atoms with E-state index < -0.39 is 0 Å². The molecule has 0 nitrogen and oxygen atoms in total. The third-order valence-electron chi connectivity index (χ3n) is 3.80. The molecule has 3 rings (SSSR count). The van der Waals surface area contributed by atoms with Gasteiger partial charge in [0.25, 0.3) is 0 Å². The Kier molecular flexibility index (Phi) is 5.33. The van der Waals surface area contributed by atoms with Crippen molar-refractivity contribution in [1.29, 1.82) is 0 Å². The first-order valence-electron chi connectivity index (χ1n) is 8.12. The summed E-state index contributed by atoms with van der Waals surface area (Å²) in [6, 6.07) is 21.4. The molecule has 0 fully saturated rings. The zero-order valence-electron chi connectivity index (χ0n) is 13.8. The monoisotopic (exact) mass is 326 g/mol. The van der Waals surface area contributed by atoms with Gasteiger partial charge in [0.1, 0.15) is 0 Å². The summed E-state index contributed by atoms with van der Waals surface area (Å²) in [5, 5.41) is 2.46. The lowest BCUT2D eigenvalue weighted by Crippen LogP contribution is -1.82. The van der Waals surface area contributed by atoms with Crippen molar-refractivity contribution < 1.29 is 0 Å². The van der Waals surface area contributed by atoms with Gasteiger partial charge in [0.15, 0.2) is 0 Å². The lowest BCUT2D eigenvalue weighted by molar-refractivity contribution is 1.28. The zero-order valence-corrected chi connectivity index (χ0v) is 14.9. The highest BCUT2D eigenvalue weighted by Gasteiger charge is 2.01. The average molecular weight is 326 g/mol. The molecule has 116 valence electrons. The fourth-order valence-corrected chi connectivity index (χ4v) is 2.69. The molecule has 3 aromatic carbocycles. The highest BCUT2D eigenvalue weighted by Crippen LogP contribution is 2.25. The van der Waals surface area contributed by atoms with Crippen LogP contribution in [0.3, 0.4) is 0 Å². The first kappa shape index (κ1) is 16.3. The van der Waals surface area contributed by atoms with Crippen LogP contribution in [0.5, 0.6) is 0 Å². The number of hydrogen-bond acceptors (Lipinski definition) is 0. The van der Waals surface area contributed by atoms with Crippen LogP contribution in [0.2, 0.25) is 0 Å². The van der Waals surface area contributed by atoms with Crippen molar-refractivity contribution in [3.63, 3.8) is 0 Å². The van der Waals surface area contributed by atoms with Crippen LogP contribution in [0.4, 0.5) is 0 Å². The predicted octanol–water partition coefficient (Wildman–Crippen LogP) is 5.49. The second-order valence-corrected chi connectivity index (χ2v) is 5.92. The van der Waals surface area contributed by atoms with E-state index in [1.54, 1.807) is 0 Å². The second kappa shape index (κ2) is 7.84. The molecule has 0 bridgehead atoms. The van der Waals surface area contributed by atoms with Crippen molar-refractivity contribution in [3.8, 4) is 34.8 Å². The van der Waals surface area contributed by atoms with E-state index in [1.807, 2.05) is 0 Å². The van der Waals surface area contributed by atoms with Gasteiger partial charge in [0, 0.05) is 23.7 Å². The van der Waals surface area contributed by atoms with Gasteiger partial charge in [0.05, 0.1) is 0 Å². The van der Waals surface area contributed by atoms with E-state index in [9.17, 15) is 0 Å². The van der Waals surface area contributed by atoms with Gasteiger partial charge >= 0.3 is 0 Å². The van der Waals surface area contributed by atoms with Crippen LogP contribution in [-0.2, 0) is 0 Å². The van der Waals surface area contributed by atoms with Crippen molar-refractivity contribution in [2.75, 3.05) is 6.16 Å². The summed E-state index contributed by atoms with van der Waals surface area (Å²) in [7, 11) is 2.62. The lowest BCUT2D eigenvalue weighted by atomic mass is 9.99. The van der Waals surface area contributed by atoms with Crippen molar-refractivity contribution in [2.24, 2.45) is 0 Å². The predicted molar refractivity (Wildman–Crippen MR) is 108 cm³/mol. The van der Waals surface area contributed by atoms with Gasteiger partial charge in [-0.05, 0) is 52.2 Å². The van der Waals surface area contributed by atoms with Gasteiger partial charge in [-0.25, -0.2) is 0 Å². The van der Waals surface area contributed by atoms with Crippen LogP contribution in [0.15, 0.2) is 60.7 Å². The molecule has 1 unspecified atom stereocenters. The standard InChI is InChI=1S/C23H19P/c1-2-3-5-19-9-12-23-17-22(14-13-21(23)16-19)20-10-7-18(8-11-20)6-4-15-24/h7-14,16-17H,2,15,24H2,1H3. The van der Waals surface area contributed by atoms with Crippen LogP contribution in [0.1, 0.15) is 24.5 Å². The molecule has 24 heavy (non-hydrogen) atoms. The van der Waals surface area contributed by atoms with E-state index in [4.69, 9.17) is 0 Å². The maximum absolute atomic E-state index is 3.19. The highest BCUT2D eigenvalue weighted by molar-refractivity contribution is 7.16. The van der Waals surface area contributed by atoms with E-state index in [0.717, 1.165) is 23.7 Å². The first-order chi connectivity index (χ1) is 11.8. The Morgan fingerprint density at radius 3 is 2.08 bits per heavy atom. The van der Waals surface area contributed by atoms with E-state index in [1.165, 1.54) is 21.9 Å². The molecule has 3 aromatic rings. The summed E-state index contributed by atoms with van der Waals surface area (Å²) < 4.78 is 0. The van der Waals surface area contributed by atoms with E-state index in [0.29, 0.717) is 0 Å². The molecule has 0 radical (unpaired) electrons. The normalized spacial score (nSPS) is 9.75. The number of rotatable bonds is 1. The quantitative estimate of drug-likeness (QED) is 0.409. The smallest absolute Gasteiger partial charge is 0.0251 e. The SMILES string of the molecule is CCC#Cc1ccc2cc(-c3ccc(C#CCP)cc3)ccc2c1. The Bertz CT molecular complexity index is 974. The lowest BCUT2D eigenvalue weighted by Gasteiger charge is -2.05. The summed E-state index contributed by atoms with van der Waals surface area (Å²) in [5.41, 5.74) is 4.57. The summed E-state index contributed by atoms with van der Waals surface area (Å²) in [4.78, 5) is 0. The van der Waals surface area contributed by atoms with Crippen LogP contribution in [0, 0.1) is 23.7 Å². The summed E-state index contributed by atoms with van der Waals surface area (Å²) >= 11 is 0.